The zero-order chi connectivity index (χ0) is 15.8. The molecule has 0 aliphatic heterocycles. The Morgan fingerprint density at radius 3 is 2.79 bits per heavy atom. The van der Waals surface area contributed by atoms with Crippen molar-refractivity contribution in [1.29, 1.82) is 0 Å². The topological polar surface area (TPSA) is 47.1 Å². The van der Waals surface area contributed by atoms with Gasteiger partial charge in [-0.05, 0) is 31.4 Å². The smallest absolute Gasteiger partial charge is 0.163 e. The molecule has 2 aromatic heterocycles. The van der Waals surface area contributed by atoms with Gasteiger partial charge in [0.1, 0.15) is 0 Å². The molecule has 4 rings (SSSR count). The zero-order valence-electron chi connectivity index (χ0n) is 13.5. The first kappa shape index (κ1) is 17.2. The van der Waals surface area contributed by atoms with Gasteiger partial charge in [-0.15, -0.1) is 24.0 Å². The summed E-state index contributed by atoms with van der Waals surface area (Å²) in [7, 11) is 1.67. The van der Waals surface area contributed by atoms with E-state index in [1.54, 1.807) is 7.11 Å². The Kier molecular flexibility index (Phi) is 5.07. The van der Waals surface area contributed by atoms with E-state index >= 15 is 0 Å². The van der Waals surface area contributed by atoms with Crippen LogP contribution < -0.4 is 9.47 Å². The lowest BCUT2D eigenvalue weighted by Crippen LogP contribution is -1.99. The molecule has 0 bridgehead atoms. The summed E-state index contributed by atoms with van der Waals surface area (Å²) in [6.45, 7) is 0.584. The Bertz CT molecular complexity index is 859. The molecule has 3 aromatic rings. The van der Waals surface area contributed by atoms with Gasteiger partial charge in [-0.2, -0.15) is 0 Å². The summed E-state index contributed by atoms with van der Waals surface area (Å²) in [6.07, 6.45) is 5.16. The Labute approximate surface area is 151 Å². The minimum Gasteiger partial charge on any atom is -0.493 e. The number of rotatable bonds is 6. The molecule has 24 heavy (non-hydrogen) atoms. The van der Waals surface area contributed by atoms with E-state index < -0.39 is 0 Å². The van der Waals surface area contributed by atoms with Crippen LogP contribution in [0.5, 0.6) is 11.5 Å². The van der Waals surface area contributed by atoms with Crippen LogP contribution in [0.25, 0.3) is 21.8 Å². The molecule has 1 fully saturated rings. The number of aromatic amines is 1. The molecule has 0 saturated heterocycles. The van der Waals surface area contributed by atoms with Crippen LogP contribution in [0.4, 0.5) is 0 Å². The van der Waals surface area contributed by atoms with Crippen LogP contribution in [0.1, 0.15) is 30.9 Å². The number of fused-ring (bicyclic) bond motifs is 3. The number of alkyl halides is 1. The summed E-state index contributed by atoms with van der Waals surface area (Å²) in [5.74, 6) is 2.69. The quantitative estimate of drug-likeness (QED) is 0.491. The Hall–Kier alpha value is -1.65. The number of nitrogens with one attached hydrogen (secondary N) is 1. The lowest BCUT2D eigenvalue weighted by molar-refractivity contribution is 0.295. The van der Waals surface area contributed by atoms with Crippen LogP contribution in [-0.2, 0) is 0 Å². The van der Waals surface area contributed by atoms with Crippen LogP contribution in [-0.4, -0.2) is 29.6 Å². The average molecular weight is 367 g/mol. The van der Waals surface area contributed by atoms with Gasteiger partial charge < -0.3 is 14.5 Å². The van der Waals surface area contributed by atoms with Gasteiger partial charge in [0, 0.05) is 40.4 Å². The maximum atomic E-state index is 5.82. The summed E-state index contributed by atoms with van der Waals surface area (Å²) in [6, 6.07) is 6.10. The molecule has 2 heterocycles. The van der Waals surface area contributed by atoms with Gasteiger partial charge in [0.05, 0.1) is 24.9 Å². The summed E-state index contributed by atoms with van der Waals surface area (Å²) in [4.78, 5) is 8.10. The molecule has 0 unspecified atom stereocenters. The minimum absolute atomic E-state index is 0. The predicted octanol–water partition coefficient (Wildman–Crippen LogP) is 5.03. The van der Waals surface area contributed by atoms with Gasteiger partial charge in [0.15, 0.2) is 11.5 Å². The van der Waals surface area contributed by atoms with E-state index in [4.69, 9.17) is 21.1 Å². The first-order chi connectivity index (χ1) is 11.3. The largest absolute Gasteiger partial charge is 0.493 e. The van der Waals surface area contributed by atoms with Crippen molar-refractivity contribution < 1.29 is 9.47 Å². The van der Waals surface area contributed by atoms with Gasteiger partial charge in [-0.1, -0.05) is 0 Å². The number of benzene rings is 1. The molecular weight excluding hydrogens is 347 g/mol. The molecule has 1 aliphatic carbocycles. The minimum atomic E-state index is 0. The molecule has 0 spiro atoms. The van der Waals surface area contributed by atoms with E-state index in [1.165, 1.54) is 23.9 Å². The van der Waals surface area contributed by atoms with Gasteiger partial charge >= 0.3 is 0 Å². The Morgan fingerprint density at radius 1 is 1.25 bits per heavy atom. The molecule has 6 heteroatoms. The van der Waals surface area contributed by atoms with Gasteiger partial charge in [-0.3, -0.25) is 4.98 Å². The fraction of sp³-hybridized carbons (Fsp3) is 0.389. The van der Waals surface area contributed by atoms with Crippen LogP contribution in [0, 0.1) is 0 Å². The molecule has 1 aromatic carbocycles. The highest BCUT2D eigenvalue weighted by molar-refractivity contribution is 6.17. The second-order valence-electron chi connectivity index (χ2n) is 5.96. The molecule has 0 atom stereocenters. The second-order valence-corrected chi connectivity index (χ2v) is 6.34. The molecule has 1 saturated carbocycles. The number of ether oxygens (including phenoxy) is 2. The number of H-pyrrole nitrogens is 1. The number of hydrogen-bond donors (Lipinski definition) is 1. The molecule has 0 radical (unpaired) electrons. The van der Waals surface area contributed by atoms with E-state index in [2.05, 4.69) is 16.0 Å². The fourth-order valence-electron chi connectivity index (χ4n) is 3.06. The fourth-order valence-corrected chi connectivity index (χ4v) is 3.16. The van der Waals surface area contributed by atoms with Crippen LogP contribution in [0.15, 0.2) is 24.4 Å². The van der Waals surface area contributed by atoms with E-state index in [1.807, 2.05) is 18.3 Å². The predicted molar refractivity (Wildman–Crippen MR) is 100 cm³/mol. The van der Waals surface area contributed by atoms with Crippen LogP contribution in [0.2, 0.25) is 0 Å². The van der Waals surface area contributed by atoms with Crippen molar-refractivity contribution in [1.82, 2.24) is 9.97 Å². The van der Waals surface area contributed by atoms with Crippen LogP contribution >= 0.6 is 24.0 Å². The van der Waals surface area contributed by atoms with E-state index in [0.29, 0.717) is 18.4 Å². The normalized spacial score (nSPS) is 13.9. The first-order valence-corrected chi connectivity index (χ1v) is 8.52. The van der Waals surface area contributed by atoms with Gasteiger partial charge in [0.2, 0.25) is 0 Å². The third-order valence-electron chi connectivity index (χ3n) is 4.32. The maximum Gasteiger partial charge on any atom is 0.163 e. The second kappa shape index (κ2) is 7.08. The molecule has 128 valence electrons. The van der Waals surface area contributed by atoms with Crippen molar-refractivity contribution in [3.05, 3.63) is 30.1 Å². The highest BCUT2D eigenvalue weighted by Gasteiger charge is 2.28. The molecule has 1 N–H and O–H groups in total. The highest BCUT2D eigenvalue weighted by Crippen LogP contribution is 2.45. The van der Waals surface area contributed by atoms with E-state index in [9.17, 15) is 0 Å². The SMILES string of the molecule is COc1cc2c(cc1OCCCCl)[nH]c1ccnc(C3CC3)c12.Cl. The van der Waals surface area contributed by atoms with Crippen molar-refractivity contribution in [2.75, 3.05) is 19.6 Å². The van der Waals surface area contributed by atoms with Crippen molar-refractivity contribution in [3.63, 3.8) is 0 Å². The van der Waals surface area contributed by atoms with Crippen molar-refractivity contribution in [2.24, 2.45) is 0 Å². The van der Waals surface area contributed by atoms with Crippen molar-refractivity contribution in [2.45, 2.75) is 25.2 Å². The number of nitrogens with zero attached hydrogens (tertiary/aromatic N) is 1. The number of methoxy groups -OCH3 is 1. The number of halogens is 2. The third kappa shape index (κ3) is 3.01. The Balaban J connectivity index is 0.00000169. The molecule has 1 aliphatic rings. The molecule has 0 amide bonds. The number of pyridine rings is 1. The standard InChI is InChI=1S/C18H19ClN2O2.ClH/c1-22-15-9-12-14(10-16(15)23-8-2-6-19)21-13-5-7-20-18(17(12)13)11-3-4-11;/h5,7,9-11,21H,2-4,6,8H2,1H3;1H. The summed E-state index contributed by atoms with van der Waals surface area (Å²) in [5.41, 5.74) is 3.38. The lowest BCUT2D eigenvalue weighted by Gasteiger charge is -2.10. The molecular formula is C18H20Cl2N2O2. The summed E-state index contributed by atoms with van der Waals surface area (Å²) < 4.78 is 11.3. The summed E-state index contributed by atoms with van der Waals surface area (Å²) >= 11 is 5.72. The van der Waals surface area contributed by atoms with E-state index in [0.717, 1.165) is 34.3 Å². The van der Waals surface area contributed by atoms with Gasteiger partial charge in [-0.25, -0.2) is 0 Å². The molecule has 4 nitrogen and oxygen atoms in total. The van der Waals surface area contributed by atoms with Crippen molar-refractivity contribution in [3.8, 4) is 11.5 Å². The number of aromatic nitrogens is 2. The maximum absolute atomic E-state index is 5.82. The average Bonchev–Trinajstić information content (AvgIpc) is 3.35. The van der Waals surface area contributed by atoms with Gasteiger partial charge in [0.25, 0.3) is 0 Å². The monoisotopic (exact) mass is 366 g/mol. The summed E-state index contributed by atoms with van der Waals surface area (Å²) in [5, 5.41) is 2.37. The van der Waals surface area contributed by atoms with E-state index in [-0.39, 0.29) is 12.4 Å². The lowest BCUT2D eigenvalue weighted by atomic mass is 10.1. The first-order valence-electron chi connectivity index (χ1n) is 7.99. The highest BCUT2D eigenvalue weighted by atomic mass is 35.5. The number of hydrogen-bond acceptors (Lipinski definition) is 3. The van der Waals surface area contributed by atoms with Crippen LogP contribution in [0.3, 0.4) is 0 Å². The Morgan fingerprint density at radius 2 is 2.08 bits per heavy atom. The van der Waals surface area contributed by atoms with Crippen molar-refractivity contribution >= 4 is 45.8 Å². The zero-order valence-corrected chi connectivity index (χ0v) is 15.0. The third-order valence-corrected chi connectivity index (χ3v) is 4.59.